The molecular weight excluding hydrogens is 453 g/mol. The SMILES string of the molecule is CCNC(=NCCNC(C)(C)C)NCCc1cccc(C(=O)N(C)C)c1.I. The van der Waals surface area contributed by atoms with E-state index < -0.39 is 0 Å². The molecule has 0 radical (unpaired) electrons. The van der Waals surface area contributed by atoms with Crippen molar-refractivity contribution in [1.82, 2.24) is 20.9 Å². The van der Waals surface area contributed by atoms with Crippen LogP contribution in [0.2, 0.25) is 0 Å². The number of aliphatic imine (C=N–C) groups is 1. The first-order chi connectivity index (χ1) is 12.2. The van der Waals surface area contributed by atoms with E-state index >= 15 is 0 Å². The van der Waals surface area contributed by atoms with Gasteiger partial charge in [-0.3, -0.25) is 9.79 Å². The highest BCUT2D eigenvalue weighted by molar-refractivity contribution is 14.0. The third kappa shape index (κ3) is 11.2. The van der Waals surface area contributed by atoms with Crippen molar-refractivity contribution in [2.75, 3.05) is 40.3 Å². The van der Waals surface area contributed by atoms with Crippen molar-refractivity contribution in [3.05, 3.63) is 35.4 Å². The van der Waals surface area contributed by atoms with Gasteiger partial charge < -0.3 is 20.9 Å². The zero-order valence-corrected chi connectivity index (χ0v) is 19.9. The van der Waals surface area contributed by atoms with Crippen LogP contribution in [0.15, 0.2) is 29.3 Å². The van der Waals surface area contributed by atoms with Crippen molar-refractivity contribution in [1.29, 1.82) is 0 Å². The van der Waals surface area contributed by atoms with Crippen molar-refractivity contribution in [2.24, 2.45) is 4.99 Å². The van der Waals surface area contributed by atoms with Gasteiger partial charge in [-0.05, 0) is 51.8 Å². The first-order valence-electron chi connectivity index (χ1n) is 9.30. The van der Waals surface area contributed by atoms with Crippen molar-refractivity contribution < 1.29 is 4.79 Å². The van der Waals surface area contributed by atoms with Gasteiger partial charge in [0.05, 0.1) is 6.54 Å². The average molecular weight is 489 g/mol. The minimum Gasteiger partial charge on any atom is -0.357 e. The number of hydrogen-bond donors (Lipinski definition) is 3. The summed E-state index contributed by atoms with van der Waals surface area (Å²) in [5.74, 6) is 0.852. The summed E-state index contributed by atoms with van der Waals surface area (Å²) >= 11 is 0. The third-order valence-electron chi connectivity index (χ3n) is 3.67. The monoisotopic (exact) mass is 489 g/mol. The molecule has 0 aliphatic carbocycles. The fourth-order valence-corrected chi connectivity index (χ4v) is 2.38. The molecule has 0 atom stereocenters. The smallest absolute Gasteiger partial charge is 0.253 e. The predicted octanol–water partition coefficient (Wildman–Crippen LogP) is 2.49. The molecule has 0 unspecified atom stereocenters. The zero-order valence-electron chi connectivity index (χ0n) is 17.6. The first kappa shape index (κ1) is 25.6. The highest BCUT2D eigenvalue weighted by Gasteiger charge is 2.09. The Balaban J connectivity index is 0.00000676. The number of carbonyl (C=O) groups excluding carboxylic acids is 1. The minimum absolute atomic E-state index is 0. The van der Waals surface area contributed by atoms with Crippen LogP contribution in [0, 0.1) is 0 Å². The van der Waals surface area contributed by atoms with Crippen LogP contribution < -0.4 is 16.0 Å². The van der Waals surface area contributed by atoms with E-state index in [1.807, 2.05) is 24.3 Å². The fraction of sp³-hybridized carbons (Fsp3) is 0.600. The molecule has 27 heavy (non-hydrogen) atoms. The lowest BCUT2D eigenvalue weighted by atomic mass is 10.1. The lowest BCUT2D eigenvalue weighted by Gasteiger charge is -2.20. The maximum absolute atomic E-state index is 12.1. The largest absolute Gasteiger partial charge is 0.357 e. The maximum atomic E-state index is 12.1. The van der Waals surface area contributed by atoms with E-state index in [0.29, 0.717) is 0 Å². The second-order valence-electron chi connectivity index (χ2n) is 7.51. The molecule has 7 heteroatoms. The Morgan fingerprint density at radius 2 is 1.85 bits per heavy atom. The molecule has 1 rings (SSSR count). The summed E-state index contributed by atoms with van der Waals surface area (Å²) in [5, 5.41) is 10.0. The zero-order chi connectivity index (χ0) is 19.6. The quantitative estimate of drug-likeness (QED) is 0.227. The molecule has 0 aliphatic heterocycles. The molecule has 3 N–H and O–H groups in total. The standard InChI is InChI=1S/C20H35N5O.HI/c1-7-21-19(23-13-14-24-20(2,3)4)22-12-11-16-9-8-10-17(15-16)18(26)25(5)6;/h8-10,15,24H,7,11-14H2,1-6H3,(H2,21,22,23);1H. The summed E-state index contributed by atoms with van der Waals surface area (Å²) in [4.78, 5) is 18.2. The van der Waals surface area contributed by atoms with Crippen LogP contribution in [-0.2, 0) is 6.42 Å². The number of halogens is 1. The Labute approximate surface area is 181 Å². The molecule has 1 aromatic rings. The summed E-state index contributed by atoms with van der Waals surface area (Å²) in [6.07, 6.45) is 0.833. The van der Waals surface area contributed by atoms with E-state index in [4.69, 9.17) is 0 Å². The number of nitrogens with zero attached hydrogens (tertiary/aromatic N) is 2. The average Bonchev–Trinajstić information content (AvgIpc) is 2.57. The fourth-order valence-electron chi connectivity index (χ4n) is 2.38. The number of rotatable bonds is 8. The normalized spacial score (nSPS) is 11.6. The Bertz CT molecular complexity index is 596. The van der Waals surface area contributed by atoms with Gasteiger partial charge in [0, 0.05) is 44.8 Å². The maximum Gasteiger partial charge on any atom is 0.253 e. The minimum atomic E-state index is 0. The molecule has 6 nitrogen and oxygen atoms in total. The molecule has 0 bridgehead atoms. The number of carbonyl (C=O) groups is 1. The molecule has 1 amide bonds. The Kier molecular flexibility index (Phi) is 12.3. The number of amides is 1. The molecule has 154 valence electrons. The molecule has 0 spiro atoms. The van der Waals surface area contributed by atoms with Gasteiger partial charge in [-0.2, -0.15) is 0 Å². The third-order valence-corrected chi connectivity index (χ3v) is 3.67. The van der Waals surface area contributed by atoms with Gasteiger partial charge in [-0.1, -0.05) is 12.1 Å². The van der Waals surface area contributed by atoms with E-state index in [1.54, 1.807) is 19.0 Å². The van der Waals surface area contributed by atoms with E-state index in [1.165, 1.54) is 0 Å². The molecule has 0 saturated heterocycles. The van der Waals surface area contributed by atoms with Crippen LogP contribution >= 0.6 is 24.0 Å². The van der Waals surface area contributed by atoms with Gasteiger partial charge >= 0.3 is 0 Å². The molecule has 1 aromatic carbocycles. The summed E-state index contributed by atoms with van der Waals surface area (Å²) in [6, 6.07) is 7.79. The Morgan fingerprint density at radius 3 is 2.44 bits per heavy atom. The summed E-state index contributed by atoms with van der Waals surface area (Å²) < 4.78 is 0. The lowest BCUT2D eigenvalue weighted by molar-refractivity contribution is 0.0827. The van der Waals surface area contributed by atoms with Gasteiger partial charge in [0.2, 0.25) is 0 Å². The molecule has 0 fully saturated rings. The highest BCUT2D eigenvalue weighted by Crippen LogP contribution is 2.07. The van der Waals surface area contributed by atoms with Crippen LogP contribution in [0.1, 0.15) is 43.6 Å². The van der Waals surface area contributed by atoms with Crippen molar-refractivity contribution in [2.45, 2.75) is 39.7 Å². The first-order valence-corrected chi connectivity index (χ1v) is 9.30. The molecule has 0 saturated carbocycles. The van der Waals surface area contributed by atoms with E-state index in [-0.39, 0.29) is 35.4 Å². The van der Waals surface area contributed by atoms with Crippen LogP contribution in [0.5, 0.6) is 0 Å². The second-order valence-corrected chi connectivity index (χ2v) is 7.51. The van der Waals surface area contributed by atoms with Crippen molar-refractivity contribution >= 4 is 35.8 Å². The summed E-state index contributed by atoms with van der Waals surface area (Å²) in [7, 11) is 3.54. The van der Waals surface area contributed by atoms with E-state index in [0.717, 1.165) is 49.7 Å². The Hall–Kier alpha value is -1.35. The highest BCUT2D eigenvalue weighted by atomic mass is 127. The summed E-state index contributed by atoms with van der Waals surface area (Å²) in [6.45, 7) is 11.7. The van der Waals surface area contributed by atoms with Crippen LogP contribution in [0.4, 0.5) is 0 Å². The number of benzene rings is 1. The van der Waals surface area contributed by atoms with Gasteiger partial charge in [0.15, 0.2) is 5.96 Å². The van der Waals surface area contributed by atoms with Crippen LogP contribution in [0.25, 0.3) is 0 Å². The lowest BCUT2D eigenvalue weighted by Crippen LogP contribution is -2.40. The van der Waals surface area contributed by atoms with Crippen LogP contribution in [-0.4, -0.2) is 62.6 Å². The van der Waals surface area contributed by atoms with Gasteiger partial charge in [0.25, 0.3) is 5.91 Å². The van der Waals surface area contributed by atoms with E-state index in [9.17, 15) is 4.79 Å². The molecule has 0 aliphatic rings. The number of nitrogens with one attached hydrogen (secondary N) is 3. The van der Waals surface area contributed by atoms with Gasteiger partial charge in [-0.15, -0.1) is 24.0 Å². The van der Waals surface area contributed by atoms with Gasteiger partial charge in [0.1, 0.15) is 0 Å². The van der Waals surface area contributed by atoms with Crippen molar-refractivity contribution in [3.63, 3.8) is 0 Å². The number of hydrogen-bond acceptors (Lipinski definition) is 3. The van der Waals surface area contributed by atoms with Crippen LogP contribution in [0.3, 0.4) is 0 Å². The molecular formula is C20H36IN5O. The Morgan fingerprint density at radius 1 is 1.15 bits per heavy atom. The van der Waals surface area contributed by atoms with Crippen molar-refractivity contribution in [3.8, 4) is 0 Å². The predicted molar refractivity (Wildman–Crippen MR) is 125 cm³/mol. The molecule has 0 heterocycles. The van der Waals surface area contributed by atoms with Gasteiger partial charge in [-0.25, -0.2) is 0 Å². The van der Waals surface area contributed by atoms with E-state index in [2.05, 4.69) is 48.6 Å². The number of guanidine groups is 1. The summed E-state index contributed by atoms with van der Waals surface area (Å²) in [5.41, 5.74) is 1.97. The molecule has 0 aromatic heterocycles. The topological polar surface area (TPSA) is 68.8 Å². The second kappa shape index (κ2) is 12.9.